The van der Waals surface area contributed by atoms with Gasteiger partial charge in [-0.1, -0.05) is 0 Å². The molecule has 15 heavy (non-hydrogen) atoms. The average molecular weight is 209 g/mol. The van der Waals surface area contributed by atoms with Crippen molar-refractivity contribution in [2.45, 2.75) is 0 Å². The topological polar surface area (TPSA) is 114 Å². The van der Waals surface area contributed by atoms with Crippen LogP contribution in [0.3, 0.4) is 0 Å². The molecule has 0 aliphatic rings. The molecule has 0 aliphatic carbocycles. The number of aromatic amines is 1. The number of pyridine rings is 1. The lowest BCUT2D eigenvalue weighted by Crippen LogP contribution is -2.04. The molecule has 6 nitrogen and oxygen atoms in total. The number of benzene rings is 1. The minimum atomic E-state index is -0.944. The lowest BCUT2D eigenvalue weighted by molar-refractivity contribution is 0.403. The molecule has 6 heteroatoms. The maximum atomic E-state index is 11.1. The van der Waals surface area contributed by atoms with E-state index in [2.05, 4.69) is 0 Å². The molecular weight excluding hydrogens is 202 g/mol. The lowest BCUT2D eigenvalue weighted by Gasteiger charge is -2.05. The van der Waals surface area contributed by atoms with Gasteiger partial charge in [0.15, 0.2) is 23.1 Å². The van der Waals surface area contributed by atoms with E-state index in [1.54, 1.807) is 0 Å². The van der Waals surface area contributed by atoms with Gasteiger partial charge in [-0.2, -0.15) is 0 Å². The van der Waals surface area contributed by atoms with Gasteiger partial charge in [0.1, 0.15) is 0 Å². The molecule has 5 N–H and O–H groups in total. The van der Waals surface area contributed by atoms with Crippen LogP contribution in [0.1, 0.15) is 0 Å². The Morgan fingerprint density at radius 1 is 1.00 bits per heavy atom. The predicted octanol–water partition coefficient (Wildman–Crippen LogP) is 0.350. The van der Waals surface area contributed by atoms with Crippen molar-refractivity contribution >= 4 is 10.8 Å². The Labute approximate surface area is 82.7 Å². The molecule has 1 aromatic carbocycles. The molecule has 0 bridgehead atoms. The van der Waals surface area contributed by atoms with Gasteiger partial charge in [-0.15, -0.1) is 0 Å². The van der Waals surface area contributed by atoms with Crippen molar-refractivity contribution in [2.75, 3.05) is 0 Å². The number of hydrogen-bond donors (Lipinski definition) is 5. The first-order valence-corrected chi connectivity index (χ1v) is 4.01. The molecule has 0 atom stereocenters. The summed E-state index contributed by atoms with van der Waals surface area (Å²) in [5.41, 5.74) is -0.944. The average Bonchev–Trinajstić information content (AvgIpc) is 2.19. The fourth-order valence-electron chi connectivity index (χ4n) is 1.36. The van der Waals surface area contributed by atoms with E-state index in [1.165, 1.54) is 6.07 Å². The molecule has 0 spiro atoms. The van der Waals surface area contributed by atoms with E-state index in [0.29, 0.717) is 0 Å². The Morgan fingerprint density at radius 3 is 2.33 bits per heavy atom. The van der Waals surface area contributed by atoms with Gasteiger partial charge < -0.3 is 20.4 Å². The second-order valence-corrected chi connectivity index (χ2v) is 3.01. The van der Waals surface area contributed by atoms with Gasteiger partial charge in [0.05, 0.1) is 5.39 Å². The zero-order chi connectivity index (χ0) is 11.2. The Morgan fingerprint density at radius 2 is 1.67 bits per heavy atom. The van der Waals surface area contributed by atoms with Gasteiger partial charge in [-0.05, 0) is 12.1 Å². The summed E-state index contributed by atoms with van der Waals surface area (Å²) in [6.45, 7) is 0. The van der Waals surface area contributed by atoms with E-state index in [9.17, 15) is 20.1 Å². The van der Waals surface area contributed by atoms with E-state index in [4.69, 9.17) is 5.11 Å². The van der Waals surface area contributed by atoms with Crippen molar-refractivity contribution in [3.05, 3.63) is 22.5 Å². The van der Waals surface area contributed by atoms with Crippen LogP contribution < -0.4 is 5.56 Å². The second-order valence-electron chi connectivity index (χ2n) is 3.01. The minimum Gasteiger partial charge on any atom is -0.504 e. The molecular formula is C9H7NO5. The maximum Gasteiger partial charge on any atom is 0.293 e. The number of aromatic nitrogens is 1. The predicted molar refractivity (Wildman–Crippen MR) is 51.2 cm³/mol. The molecule has 0 saturated heterocycles. The Balaban J connectivity index is 3.11. The first kappa shape index (κ1) is 9.20. The van der Waals surface area contributed by atoms with Crippen LogP contribution in [0.15, 0.2) is 16.9 Å². The zero-order valence-electron chi connectivity index (χ0n) is 7.35. The molecule has 0 radical (unpaired) electrons. The van der Waals surface area contributed by atoms with E-state index in [1.807, 2.05) is 4.98 Å². The summed E-state index contributed by atoms with van der Waals surface area (Å²) in [4.78, 5) is 13.0. The highest BCUT2D eigenvalue weighted by Gasteiger charge is 2.15. The van der Waals surface area contributed by atoms with Crippen LogP contribution in [-0.4, -0.2) is 25.4 Å². The monoisotopic (exact) mass is 209 g/mol. The molecule has 0 aliphatic heterocycles. The summed E-state index contributed by atoms with van der Waals surface area (Å²) in [7, 11) is 0. The van der Waals surface area contributed by atoms with Crippen molar-refractivity contribution in [2.24, 2.45) is 0 Å². The van der Waals surface area contributed by atoms with Gasteiger partial charge in [0, 0.05) is 5.39 Å². The minimum absolute atomic E-state index is 0.0439. The van der Waals surface area contributed by atoms with Crippen molar-refractivity contribution in [1.82, 2.24) is 4.98 Å². The summed E-state index contributed by atoms with van der Waals surface area (Å²) in [6.07, 6.45) is 0. The SMILES string of the molecule is O=c1[nH]c(O)c2ccc(O)c(O)c2c1O. The number of fused-ring (bicyclic) bond motifs is 1. The zero-order valence-corrected chi connectivity index (χ0v) is 7.35. The van der Waals surface area contributed by atoms with Crippen LogP contribution in [0.5, 0.6) is 23.1 Å². The fourth-order valence-corrected chi connectivity index (χ4v) is 1.36. The van der Waals surface area contributed by atoms with Crippen LogP contribution in [0.25, 0.3) is 10.8 Å². The van der Waals surface area contributed by atoms with Crippen LogP contribution in [0.2, 0.25) is 0 Å². The van der Waals surface area contributed by atoms with E-state index < -0.39 is 28.7 Å². The highest BCUT2D eigenvalue weighted by Crippen LogP contribution is 2.39. The van der Waals surface area contributed by atoms with E-state index >= 15 is 0 Å². The van der Waals surface area contributed by atoms with Gasteiger partial charge in [0.2, 0.25) is 0 Å². The third-order valence-electron chi connectivity index (χ3n) is 2.10. The Kier molecular flexibility index (Phi) is 1.72. The lowest BCUT2D eigenvalue weighted by atomic mass is 10.1. The van der Waals surface area contributed by atoms with Crippen molar-refractivity contribution in [3.63, 3.8) is 0 Å². The molecule has 2 rings (SSSR count). The molecule has 0 amide bonds. The van der Waals surface area contributed by atoms with Crippen molar-refractivity contribution in [3.8, 4) is 23.1 Å². The molecule has 1 heterocycles. The first-order valence-electron chi connectivity index (χ1n) is 4.01. The van der Waals surface area contributed by atoms with Gasteiger partial charge in [0.25, 0.3) is 5.56 Å². The van der Waals surface area contributed by atoms with Gasteiger partial charge >= 0.3 is 0 Å². The number of H-pyrrole nitrogens is 1. The quantitative estimate of drug-likeness (QED) is 0.402. The number of rotatable bonds is 0. The second kappa shape index (κ2) is 2.81. The highest BCUT2D eigenvalue weighted by atomic mass is 16.3. The van der Waals surface area contributed by atoms with Crippen molar-refractivity contribution < 1.29 is 20.4 Å². The van der Waals surface area contributed by atoms with Crippen molar-refractivity contribution in [1.29, 1.82) is 0 Å². The van der Waals surface area contributed by atoms with Crippen LogP contribution in [0.4, 0.5) is 0 Å². The van der Waals surface area contributed by atoms with Gasteiger partial charge in [-0.3, -0.25) is 9.78 Å². The van der Waals surface area contributed by atoms with Crippen LogP contribution in [-0.2, 0) is 0 Å². The Hall–Kier alpha value is -2.37. The first-order chi connectivity index (χ1) is 7.02. The molecule has 0 saturated carbocycles. The third kappa shape index (κ3) is 1.15. The number of hydrogen-bond acceptors (Lipinski definition) is 5. The van der Waals surface area contributed by atoms with Crippen LogP contribution in [0, 0.1) is 0 Å². The van der Waals surface area contributed by atoms with Crippen LogP contribution >= 0.6 is 0 Å². The van der Waals surface area contributed by atoms with E-state index in [-0.39, 0.29) is 10.8 Å². The largest absolute Gasteiger partial charge is 0.504 e. The fraction of sp³-hybridized carbons (Fsp3) is 0. The standard InChI is InChI=1S/C9H7NO5/c11-4-2-1-3-5(6(4)12)7(13)9(15)10-8(3)14/h1-2,11-13H,(H2,10,14,15). The number of phenols is 2. The molecule has 2 aromatic rings. The van der Waals surface area contributed by atoms with E-state index in [0.717, 1.165) is 6.07 Å². The summed E-state index contributed by atoms with van der Waals surface area (Å²) in [5, 5.41) is 37.0. The maximum absolute atomic E-state index is 11.1. The summed E-state index contributed by atoms with van der Waals surface area (Å²) >= 11 is 0. The summed E-state index contributed by atoms with van der Waals surface area (Å²) in [5.74, 6) is -2.37. The summed E-state index contributed by atoms with van der Waals surface area (Å²) < 4.78 is 0. The highest BCUT2D eigenvalue weighted by molar-refractivity contribution is 5.97. The smallest absolute Gasteiger partial charge is 0.293 e. The normalized spacial score (nSPS) is 10.7. The number of phenolic OH excluding ortho intramolecular Hbond substituents is 2. The Bertz CT molecular complexity index is 601. The molecule has 0 unspecified atom stereocenters. The molecule has 78 valence electrons. The number of aromatic hydroxyl groups is 4. The summed E-state index contributed by atoms with van der Waals surface area (Å²) in [6, 6.07) is 2.39. The van der Waals surface area contributed by atoms with Gasteiger partial charge in [-0.25, -0.2) is 0 Å². The molecule has 0 fully saturated rings. The third-order valence-corrected chi connectivity index (χ3v) is 2.10. The number of nitrogens with one attached hydrogen (secondary N) is 1. The molecule has 1 aromatic heterocycles.